The number of esters is 1. The predicted molar refractivity (Wildman–Crippen MR) is 53.4 cm³/mol. The Bertz CT molecular complexity index is 394. The number of hydrogen-bond donors (Lipinski definition) is 0. The number of nitriles is 1. The monoisotopic (exact) mass is 201 g/mol. The first-order valence-electron chi connectivity index (χ1n) is 4.91. The summed E-state index contributed by atoms with van der Waals surface area (Å²) in [5.41, 5.74) is 0.972. The zero-order valence-corrected chi connectivity index (χ0v) is 8.22. The van der Waals surface area contributed by atoms with Crippen LogP contribution >= 0.6 is 0 Å². The number of benzene rings is 1. The van der Waals surface area contributed by atoms with Crippen LogP contribution in [0.15, 0.2) is 30.3 Å². The molecule has 3 nitrogen and oxygen atoms in total. The summed E-state index contributed by atoms with van der Waals surface area (Å²) in [4.78, 5) is 11.4. The lowest BCUT2D eigenvalue weighted by Crippen LogP contribution is -2.07. The van der Waals surface area contributed by atoms with Gasteiger partial charge in [0.15, 0.2) is 0 Å². The fourth-order valence-corrected chi connectivity index (χ4v) is 1.43. The Kier molecular flexibility index (Phi) is 2.68. The molecule has 3 heteroatoms. The summed E-state index contributed by atoms with van der Waals surface area (Å²) in [6, 6.07) is 11.6. The molecule has 1 aliphatic rings. The van der Waals surface area contributed by atoms with Crippen molar-refractivity contribution in [3.8, 4) is 6.07 Å². The first-order chi connectivity index (χ1) is 7.31. The first kappa shape index (κ1) is 9.72. The molecular formula is C12H11NO2. The van der Waals surface area contributed by atoms with E-state index in [1.54, 1.807) is 0 Å². The van der Waals surface area contributed by atoms with Gasteiger partial charge in [-0.05, 0) is 12.0 Å². The molecule has 0 saturated heterocycles. The maximum absolute atomic E-state index is 11.4. The maximum Gasteiger partial charge on any atom is 0.310 e. The molecule has 0 radical (unpaired) electrons. The molecule has 0 heterocycles. The molecule has 1 saturated carbocycles. The Labute approximate surface area is 88.3 Å². The Morgan fingerprint density at radius 3 is 2.80 bits per heavy atom. The van der Waals surface area contributed by atoms with Gasteiger partial charge in [0.1, 0.15) is 6.61 Å². The van der Waals surface area contributed by atoms with Crippen molar-refractivity contribution >= 4 is 5.97 Å². The molecule has 0 bridgehead atoms. The van der Waals surface area contributed by atoms with Gasteiger partial charge in [0.05, 0.1) is 17.9 Å². The largest absolute Gasteiger partial charge is 0.461 e. The minimum Gasteiger partial charge on any atom is -0.461 e. The van der Waals surface area contributed by atoms with Crippen molar-refractivity contribution in [2.75, 3.05) is 0 Å². The van der Waals surface area contributed by atoms with Crippen LogP contribution in [0.2, 0.25) is 0 Å². The van der Waals surface area contributed by atoms with Crippen LogP contribution in [0.25, 0.3) is 0 Å². The SMILES string of the molecule is N#C[C@H]1C[C@@H]1C(=O)OCc1ccccc1. The minimum atomic E-state index is -0.245. The Hall–Kier alpha value is -1.82. The third-order valence-electron chi connectivity index (χ3n) is 2.48. The lowest BCUT2D eigenvalue weighted by atomic mass is 10.2. The zero-order valence-electron chi connectivity index (χ0n) is 8.22. The minimum absolute atomic E-state index is 0.117. The second-order valence-electron chi connectivity index (χ2n) is 3.67. The Balaban J connectivity index is 1.80. The normalized spacial score (nSPS) is 22.9. The van der Waals surface area contributed by atoms with Crippen molar-refractivity contribution < 1.29 is 9.53 Å². The van der Waals surface area contributed by atoms with Crippen molar-refractivity contribution in [1.29, 1.82) is 5.26 Å². The van der Waals surface area contributed by atoms with Gasteiger partial charge < -0.3 is 4.74 Å². The number of ether oxygens (including phenoxy) is 1. The van der Waals surface area contributed by atoms with E-state index in [1.165, 1.54) is 0 Å². The molecule has 1 aliphatic carbocycles. The molecule has 1 fully saturated rings. The van der Waals surface area contributed by atoms with Crippen LogP contribution in [0.5, 0.6) is 0 Å². The lowest BCUT2D eigenvalue weighted by molar-refractivity contribution is -0.146. The third-order valence-corrected chi connectivity index (χ3v) is 2.48. The highest BCUT2D eigenvalue weighted by Gasteiger charge is 2.44. The number of carbonyl (C=O) groups excluding carboxylic acids is 1. The fourth-order valence-electron chi connectivity index (χ4n) is 1.43. The van der Waals surface area contributed by atoms with Gasteiger partial charge in [0.25, 0.3) is 0 Å². The van der Waals surface area contributed by atoms with Gasteiger partial charge in [0.2, 0.25) is 0 Å². The van der Waals surface area contributed by atoms with Gasteiger partial charge >= 0.3 is 5.97 Å². The topological polar surface area (TPSA) is 50.1 Å². The van der Waals surface area contributed by atoms with Crippen LogP contribution in [-0.2, 0) is 16.1 Å². The van der Waals surface area contributed by atoms with Crippen molar-refractivity contribution in [2.45, 2.75) is 13.0 Å². The van der Waals surface area contributed by atoms with Crippen molar-refractivity contribution in [3.63, 3.8) is 0 Å². The highest BCUT2D eigenvalue weighted by molar-refractivity contribution is 5.76. The van der Waals surface area contributed by atoms with Crippen LogP contribution in [0, 0.1) is 23.2 Å². The van der Waals surface area contributed by atoms with E-state index in [0.717, 1.165) is 5.56 Å². The number of carbonyl (C=O) groups is 1. The second-order valence-corrected chi connectivity index (χ2v) is 3.67. The molecule has 0 spiro atoms. The molecule has 2 atom stereocenters. The molecule has 1 aromatic rings. The van der Waals surface area contributed by atoms with E-state index >= 15 is 0 Å². The van der Waals surface area contributed by atoms with Gasteiger partial charge in [-0.15, -0.1) is 0 Å². The van der Waals surface area contributed by atoms with Crippen LogP contribution in [0.3, 0.4) is 0 Å². The van der Waals surface area contributed by atoms with Gasteiger partial charge in [0, 0.05) is 0 Å². The summed E-state index contributed by atoms with van der Waals surface area (Å²) in [5, 5.41) is 8.55. The molecule has 15 heavy (non-hydrogen) atoms. The van der Waals surface area contributed by atoms with E-state index in [4.69, 9.17) is 10.00 Å². The number of rotatable bonds is 3. The van der Waals surface area contributed by atoms with E-state index in [9.17, 15) is 4.79 Å². The summed E-state index contributed by atoms with van der Waals surface area (Å²) in [5.74, 6) is -0.544. The molecule has 1 aromatic carbocycles. The fraction of sp³-hybridized carbons (Fsp3) is 0.333. The second kappa shape index (κ2) is 4.14. The smallest absolute Gasteiger partial charge is 0.310 e. The molecule has 2 rings (SSSR count). The quantitative estimate of drug-likeness (QED) is 0.701. The average Bonchev–Trinajstić information content (AvgIpc) is 3.06. The summed E-state index contributed by atoms with van der Waals surface area (Å²) in [6.07, 6.45) is 0.657. The maximum atomic E-state index is 11.4. The van der Waals surface area contributed by atoms with E-state index in [1.807, 2.05) is 30.3 Å². The summed E-state index contributed by atoms with van der Waals surface area (Å²) < 4.78 is 5.09. The average molecular weight is 201 g/mol. The molecule has 0 N–H and O–H groups in total. The Morgan fingerprint density at radius 1 is 1.47 bits per heavy atom. The van der Waals surface area contributed by atoms with Gasteiger partial charge in [-0.3, -0.25) is 4.79 Å². The Morgan fingerprint density at radius 2 is 2.20 bits per heavy atom. The summed E-state index contributed by atoms with van der Waals surface area (Å²) >= 11 is 0. The lowest BCUT2D eigenvalue weighted by Gasteiger charge is -2.03. The highest BCUT2D eigenvalue weighted by Crippen LogP contribution is 2.38. The van der Waals surface area contributed by atoms with Crippen molar-refractivity contribution in [1.82, 2.24) is 0 Å². The molecule has 0 aliphatic heterocycles. The summed E-state index contributed by atoms with van der Waals surface area (Å²) in [6.45, 7) is 0.300. The molecular weight excluding hydrogens is 190 g/mol. The van der Waals surface area contributed by atoms with Gasteiger partial charge in [-0.25, -0.2) is 0 Å². The van der Waals surface area contributed by atoms with E-state index in [2.05, 4.69) is 6.07 Å². The number of hydrogen-bond acceptors (Lipinski definition) is 3. The van der Waals surface area contributed by atoms with Crippen molar-refractivity contribution in [2.24, 2.45) is 11.8 Å². The molecule has 76 valence electrons. The van der Waals surface area contributed by atoms with Crippen LogP contribution in [-0.4, -0.2) is 5.97 Å². The standard InChI is InChI=1S/C12H11NO2/c13-7-10-6-11(10)12(14)15-8-9-4-2-1-3-5-9/h1-5,10-11H,6,8H2/t10-,11+/m1/s1. The zero-order chi connectivity index (χ0) is 10.7. The summed E-state index contributed by atoms with van der Waals surface area (Å²) in [7, 11) is 0. The van der Waals surface area contributed by atoms with Crippen LogP contribution in [0.4, 0.5) is 0 Å². The van der Waals surface area contributed by atoms with E-state index in [0.29, 0.717) is 13.0 Å². The molecule has 0 amide bonds. The highest BCUT2D eigenvalue weighted by atomic mass is 16.5. The number of nitrogens with zero attached hydrogens (tertiary/aromatic N) is 1. The van der Waals surface area contributed by atoms with Gasteiger partial charge in [-0.1, -0.05) is 30.3 Å². The van der Waals surface area contributed by atoms with Crippen LogP contribution in [0.1, 0.15) is 12.0 Å². The predicted octanol–water partition coefficient (Wildman–Crippen LogP) is 1.89. The molecule has 0 unspecified atom stereocenters. The van der Waals surface area contributed by atoms with Crippen LogP contribution < -0.4 is 0 Å². The van der Waals surface area contributed by atoms with E-state index < -0.39 is 0 Å². The molecule has 0 aromatic heterocycles. The van der Waals surface area contributed by atoms with E-state index in [-0.39, 0.29) is 17.8 Å². The van der Waals surface area contributed by atoms with Crippen molar-refractivity contribution in [3.05, 3.63) is 35.9 Å². The third kappa shape index (κ3) is 2.35. The first-order valence-corrected chi connectivity index (χ1v) is 4.91. The van der Waals surface area contributed by atoms with Gasteiger partial charge in [-0.2, -0.15) is 5.26 Å².